The van der Waals surface area contributed by atoms with E-state index in [4.69, 9.17) is 0 Å². The smallest absolute Gasteiger partial charge is 0.255 e. The molecule has 2 bridgehead atoms. The summed E-state index contributed by atoms with van der Waals surface area (Å²) in [6.07, 6.45) is 6.98. The normalized spacial score (nSPS) is 22.2. The third-order valence-corrected chi connectivity index (χ3v) is 5.51. The van der Waals surface area contributed by atoms with Crippen molar-refractivity contribution >= 4 is 11.6 Å². The van der Waals surface area contributed by atoms with Crippen molar-refractivity contribution in [2.45, 2.75) is 31.3 Å². The average molecular weight is 350 g/mol. The van der Waals surface area contributed by atoms with Gasteiger partial charge in [-0.3, -0.25) is 9.78 Å². The summed E-state index contributed by atoms with van der Waals surface area (Å²) in [4.78, 5) is 21.4. The van der Waals surface area contributed by atoms with Gasteiger partial charge in [-0.1, -0.05) is 12.1 Å². The molecule has 26 heavy (non-hydrogen) atoms. The Labute approximate surface area is 155 Å². The van der Waals surface area contributed by atoms with Crippen LogP contribution in [0.4, 0.5) is 5.69 Å². The van der Waals surface area contributed by atoms with Gasteiger partial charge in [0.15, 0.2) is 0 Å². The lowest BCUT2D eigenvalue weighted by atomic mass is 10.0. The van der Waals surface area contributed by atoms with Crippen molar-refractivity contribution in [3.8, 4) is 11.1 Å². The Morgan fingerprint density at radius 2 is 1.85 bits per heavy atom. The molecule has 2 atom stereocenters. The highest BCUT2D eigenvalue weighted by Crippen LogP contribution is 2.25. The molecular weight excluding hydrogens is 324 g/mol. The zero-order valence-corrected chi connectivity index (χ0v) is 15.5. The van der Waals surface area contributed by atoms with Crippen LogP contribution in [-0.4, -0.2) is 55.1 Å². The summed E-state index contributed by atoms with van der Waals surface area (Å²) in [5.41, 5.74) is 3.89. The second-order valence-electron chi connectivity index (χ2n) is 7.58. The van der Waals surface area contributed by atoms with E-state index in [1.54, 1.807) is 6.20 Å². The van der Waals surface area contributed by atoms with E-state index < -0.39 is 0 Å². The molecule has 2 aromatic rings. The third kappa shape index (κ3) is 3.44. The molecule has 0 spiro atoms. The predicted molar refractivity (Wildman–Crippen MR) is 104 cm³/mol. The van der Waals surface area contributed by atoms with E-state index in [-0.39, 0.29) is 5.91 Å². The van der Waals surface area contributed by atoms with Gasteiger partial charge in [0.1, 0.15) is 0 Å². The van der Waals surface area contributed by atoms with Crippen LogP contribution in [0.5, 0.6) is 0 Å². The summed E-state index contributed by atoms with van der Waals surface area (Å²) in [7, 11) is 4.05. The number of nitrogens with zero attached hydrogens (tertiary/aromatic N) is 3. The van der Waals surface area contributed by atoms with Gasteiger partial charge in [-0.05, 0) is 43.0 Å². The van der Waals surface area contributed by atoms with Crippen LogP contribution in [0.1, 0.15) is 29.6 Å². The summed E-state index contributed by atoms with van der Waals surface area (Å²) in [6.45, 7) is 1.63. The number of anilines is 1. The van der Waals surface area contributed by atoms with Gasteiger partial charge >= 0.3 is 0 Å². The maximum absolute atomic E-state index is 13.0. The Balaban J connectivity index is 1.54. The van der Waals surface area contributed by atoms with Crippen LogP contribution >= 0.6 is 0 Å². The summed E-state index contributed by atoms with van der Waals surface area (Å²) >= 11 is 0. The number of carbonyl (C=O) groups excluding carboxylic acids is 1. The lowest BCUT2D eigenvalue weighted by molar-refractivity contribution is 0.0748. The van der Waals surface area contributed by atoms with E-state index >= 15 is 0 Å². The summed E-state index contributed by atoms with van der Waals surface area (Å²) < 4.78 is 0. The van der Waals surface area contributed by atoms with Gasteiger partial charge in [-0.15, -0.1) is 0 Å². The Morgan fingerprint density at radius 1 is 1.08 bits per heavy atom. The van der Waals surface area contributed by atoms with Gasteiger partial charge in [0.25, 0.3) is 5.91 Å². The maximum Gasteiger partial charge on any atom is 0.255 e. The molecule has 0 radical (unpaired) electrons. The number of hydrogen-bond donors (Lipinski definition) is 1. The van der Waals surface area contributed by atoms with Crippen LogP contribution in [0.15, 0.2) is 42.7 Å². The van der Waals surface area contributed by atoms with Gasteiger partial charge in [0, 0.05) is 62.9 Å². The molecule has 0 aliphatic carbocycles. The SMILES string of the molecule is CN(C)c1ccc(-c2cncc(C(=O)N3CCC4CCC(C3)N4)c2)cc1. The molecule has 0 saturated carbocycles. The summed E-state index contributed by atoms with van der Waals surface area (Å²) in [5, 5.41) is 3.63. The molecule has 4 rings (SSSR count). The van der Waals surface area contributed by atoms with E-state index in [0.29, 0.717) is 17.6 Å². The number of benzene rings is 1. The fourth-order valence-electron chi connectivity index (χ4n) is 3.98. The van der Waals surface area contributed by atoms with E-state index in [1.807, 2.05) is 31.3 Å². The van der Waals surface area contributed by atoms with E-state index in [1.165, 1.54) is 12.8 Å². The number of rotatable bonds is 3. The first-order valence-corrected chi connectivity index (χ1v) is 9.38. The lowest BCUT2D eigenvalue weighted by Crippen LogP contribution is -2.39. The largest absolute Gasteiger partial charge is 0.378 e. The van der Waals surface area contributed by atoms with Crippen molar-refractivity contribution in [2.75, 3.05) is 32.1 Å². The molecule has 2 fully saturated rings. The number of carbonyl (C=O) groups is 1. The minimum absolute atomic E-state index is 0.0959. The molecule has 2 unspecified atom stereocenters. The first kappa shape index (κ1) is 17.0. The molecule has 5 heteroatoms. The molecule has 1 aromatic carbocycles. The van der Waals surface area contributed by atoms with Crippen LogP contribution in [-0.2, 0) is 0 Å². The topological polar surface area (TPSA) is 48.5 Å². The number of fused-ring (bicyclic) bond motifs is 2. The molecule has 1 N–H and O–H groups in total. The number of hydrogen-bond acceptors (Lipinski definition) is 4. The molecule has 5 nitrogen and oxygen atoms in total. The van der Waals surface area contributed by atoms with Gasteiger partial charge < -0.3 is 15.1 Å². The fraction of sp³-hybridized carbons (Fsp3) is 0.429. The van der Waals surface area contributed by atoms with Crippen molar-refractivity contribution < 1.29 is 4.79 Å². The molecule has 2 aliphatic rings. The molecule has 1 amide bonds. The zero-order valence-electron chi connectivity index (χ0n) is 15.5. The number of aromatic nitrogens is 1. The fourth-order valence-corrected chi connectivity index (χ4v) is 3.98. The first-order chi connectivity index (χ1) is 12.6. The van der Waals surface area contributed by atoms with Crippen LogP contribution < -0.4 is 10.2 Å². The number of amides is 1. The van der Waals surface area contributed by atoms with Crippen LogP contribution in [0, 0.1) is 0 Å². The monoisotopic (exact) mass is 350 g/mol. The molecule has 2 saturated heterocycles. The first-order valence-electron chi connectivity index (χ1n) is 9.38. The zero-order chi connectivity index (χ0) is 18.1. The standard InChI is InChI=1S/C21H26N4O/c1-24(2)20-7-3-15(4-8-20)16-11-17(13-22-12-16)21(26)25-10-9-18-5-6-19(14-25)23-18/h3-4,7-8,11-13,18-19,23H,5-6,9-10,14H2,1-2H3. The third-order valence-electron chi connectivity index (χ3n) is 5.51. The highest BCUT2D eigenvalue weighted by molar-refractivity contribution is 5.95. The van der Waals surface area contributed by atoms with E-state index in [9.17, 15) is 4.79 Å². The molecule has 1 aromatic heterocycles. The van der Waals surface area contributed by atoms with Crippen LogP contribution in [0.25, 0.3) is 11.1 Å². The Hall–Kier alpha value is -2.40. The predicted octanol–water partition coefficient (Wildman–Crippen LogP) is 2.78. The number of likely N-dealkylation sites (tertiary alicyclic amines) is 1. The van der Waals surface area contributed by atoms with Gasteiger partial charge in [0.2, 0.25) is 0 Å². The quantitative estimate of drug-likeness (QED) is 0.925. The van der Waals surface area contributed by atoms with Crippen molar-refractivity contribution in [1.29, 1.82) is 0 Å². The van der Waals surface area contributed by atoms with E-state index in [2.05, 4.69) is 39.5 Å². The van der Waals surface area contributed by atoms with Gasteiger partial charge in [-0.25, -0.2) is 0 Å². The second-order valence-corrected chi connectivity index (χ2v) is 7.58. The highest BCUT2D eigenvalue weighted by atomic mass is 16.2. The molecular formula is C21H26N4O. The lowest BCUT2D eigenvalue weighted by Gasteiger charge is -2.24. The van der Waals surface area contributed by atoms with Gasteiger partial charge in [0.05, 0.1) is 5.56 Å². The van der Waals surface area contributed by atoms with Crippen LogP contribution in [0.2, 0.25) is 0 Å². The number of pyridine rings is 1. The Bertz CT molecular complexity index is 787. The maximum atomic E-state index is 13.0. The summed E-state index contributed by atoms with van der Waals surface area (Å²) in [6, 6.07) is 11.3. The minimum Gasteiger partial charge on any atom is -0.378 e. The Morgan fingerprint density at radius 3 is 2.62 bits per heavy atom. The van der Waals surface area contributed by atoms with Gasteiger partial charge in [-0.2, -0.15) is 0 Å². The van der Waals surface area contributed by atoms with Crippen molar-refractivity contribution in [1.82, 2.24) is 15.2 Å². The molecule has 3 heterocycles. The van der Waals surface area contributed by atoms with Crippen LogP contribution in [0.3, 0.4) is 0 Å². The minimum atomic E-state index is 0.0959. The second kappa shape index (κ2) is 7.08. The van der Waals surface area contributed by atoms with Crippen molar-refractivity contribution in [3.63, 3.8) is 0 Å². The van der Waals surface area contributed by atoms with E-state index in [0.717, 1.165) is 36.3 Å². The molecule has 2 aliphatic heterocycles. The number of nitrogens with one attached hydrogen (secondary N) is 1. The highest BCUT2D eigenvalue weighted by Gasteiger charge is 2.31. The van der Waals surface area contributed by atoms with Crippen molar-refractivity contribution in [2.24, 2.45) is 0 Å². The summed E-state index contributed by atoms with van der Waals surface area (Å²) in [5.74, 6) is 0.0959. The molecule has 136 valence electrons. The Kier molecular flexibility index (Phi) is 4.64. The van der Waals surface area contributed by atoms with Crippen molar-refractivity contribution in [3.05, 3.63) is 48.3 Å². The average Bonchev–Trinajstić information content (AvgIpc) is 3.00.